The Morgan fingerprint density at radius 3 is 2.63 bits per heavy atom. The van der Waals surface area contributed by atoms with E-state index >= 15 is 0 Å². The summed E-state index contributed by atoms with van der Waals surface area (Å²) >= 11 is 10.6. The molecular formula is C10H10ClF3N4S. The van der Waals surface area contributed by atoms with E-state index in [2.05, 4.69) is 15.3 Å². The number of hydrogen-bond donors (Lipinski definition) is 1. The Hall–Kier alpha value is -1.41. The molecule has 0 bridgehead atoms. The minimum atomic E-state index is -4.49. The summed E-state index contributed by atoms with van der Waals surface area (Å²) < 4.78 is 37.2. The molecule has 0 fully saturated rings. The van der Waals surface area contributed by atoms with Gasteiger partial charge in [0.25, 0.3) is 0 Å². The Labute approximate surface area is 118 Å². The summed E-state index contributed by atoms with van der Waals surface area (Å²) in [4.78, 5) is 9.05. The average Bonchev–Trinajstić information content (AvgIpc) is 2.27. The van der Waals surface area contributed by atoms with Gasteiger partial charge in [-0.2, -0.15) is 13.2 Å². The maximum absolute atomic E-state index is 12.4. The predicted molar refractivity (Wildman–Crippen MR) is 72.6 cm³/mol. The smallest absolute Gasteiger partial charge is 0.369 e. The van der Waals surface area contributed by atoms with Crippen molar-refractivity contribution in [3.8, 4) is 0 Å². The third-order valence-electron chi connectivity index (χ3n) is 1.80. The van der Waals surface area contributed by atoms with Gasteiger partial charge >= 0.3 is 6.18 Å². The molecule has 1 N–H and O–H groups in total. The van der Waals surface area contributed by atoms with Crippen LogP contribution in [0.15, 0.2) is 17.3 Å². The molecule has 9 heteroatoms. The van der Waals surface area contributed by atoms with Gasteiger partial charge in [-0.05, 0) is 18.3 Å². The second-order valence-corrected chi connectivity index (χ2v) is 4.48. The van der Waals surface area contributed by atoms with Gasteiger partial charge < -0.3 is 10.2 Å². The largest absolute Gasteiger partial charge is 0.417 e. The summed E-state index contributed by atoms with van der Waals surface area (Å²) in [5.74, 6) is 0.0237. The minimum Gasteiger partial charge on any atom is -0.369 e. The molecule has 1 aromatic rings. The number of rotatable bonds is 2. The van der Waals surface area contributed by atoms with Gasteiger partial charge in [0.05, 0.1) is 16.9 Å². The molecule has 19 heavy (non-hydrogen) atoms. The molecule has 0 spiro atoms. The molecule has 0 atom stereocenters. The van der Waals surface area contributed by atoms with Crippen molar-refractivity contribution in [1.29, 1.82) is 0 Å². The van der Waals surface area contributed by atoms with Gasteiger partial charge in [-0.1, -0.05) is 11.6 Å². The summed E-state index contributed by atoms with van der Waals surface area (Å²) in [7, 11) is 3.49. The topological polar surface area (TPSA) is 40.5 Å². The van der Waals surface area contributed by atoms with Crippen molar-refractivity contribution < 1.29 is 13.2 Å². The Morgan fingerprint density at radius 2 is 2.16 bits per heavy atom. The number of anilines is 1. The molecule has 0 aromatic carbocycles. The monoisotopic (exact) mass is 310 g/mol. The van der Waals surface area contributed by atoms with Gasteiger partial charge in [0, 0.05) is 20.3 Å². The predicted octanol–water partition coefficient (Wildman–Crippen LogP) is 3.04. The summed E-state index contributed by atoms with van der Waals surface area (Å²) in [6.07, 6.45) is -2.38. The van der Waals surface area contributed by atoms with E-state index in [1.165, 1.54) is 6.34 Å². The van der Waals surface area contributed by atoms with E-state index in [1.807, 2.05) is 0 Å². The SMILES string of the molecule is CN(C)C=NC(=S)Nc1ncc(C(F)(F)F)cc1Cl. The molecule has 104 valence electrons. The van der Waals surface area contributed by atoms with Crippen LogP contribution in [-0.2, 0) is 6.18 Å². The average molecular weight is 311 g/mol. The highest BCUT2D eigenvalue weighted by molar-refractivity contribution is 7.80. The van der Waals surface area contributed by atoms with Crippen LogP contribution in [0.4, 0.5) is 19.0 Å². The van der Waals surface area contributed by atoms with E-state index in [9.17, 15) is 13.2 Å². The molecule has 0 aliphatic rings. The third-order valence-corrected chi connectivity index (χ3v) is 2.30. The van der Waals surface area contributed by atoms with E-state index in [0.717, 1.165) is 6.07 Å². The summed E-state index contributed by atoms with van der Waals surface area (Å²) in [6, 6.07) is 0.773. The van der Waals surface area contributed by atoms with Crippen LogP contribution in [0.3, 0.4) is 0 Å². The zero-order chi connectivity index (χ0) is 14.6. The lowest BCUT2D eigenvalue weighted by molar-refractivity contribution is -0.137. The standard InChI is InChI=1S/C10H10ClF3N4S/c1-18(2)5-16-9(19)17-8-7(11)3-6(4-15-8)10(12,13)14/h3-5H,1-2H3,(H,15,17,19). The van der Waals surface area contributed by atoms with E-state index in [0.29, 0.717) is 6.20 Å². The number of halogens is 4. The van der Waals surface area contributed by atoms with Crippen molar-refractivity contribution in [3.05, 3.63) is 22.8 Å². The molecule has 0 saturated heterocycles. The van der Waals surface area contributed by atoms with Gasteiger partial charge in [0.2, 0.25) is 0 Å². The number of aliphatic imine (C=N–C) groups is 1. The van der Waals surface area contributed by atoms with Gasteiger partial charge in [-0.3, -0.25) is 0 Å². The van der Waals surface area contributed by atoms with Crippen molar-refractivity contribution in [2.45, 2.75) is 6.18 Å². The first-order valence-electron chi connectivity index (χ1n) is 4.94. The van der Waals surface area contributed by atoms with Crippen molar-refractivity contribution >= 4 is 41.1 Å². The molecule has 1 heterocycles. The van der Waals surface area contributed by atoms with Crippen LogP contribution < -0.4 is 5.32 Å². The second kappa shape index (κ2) is 6.16. The second-order valence-electron chi connectivity index (χ2n) is 3.69. The van der Waals surface area contributed by atoms with Crippen LogP contribution in [-0.4, -0.2) is 35.4 Å². The van der Waals surface area contributed by atoms with Crippen molar-refractivity contribution in [2.75, 3.05) is 19.4 Å². The van der Waals surface area contributed by atoms with Gasteiger partial charge in [-0.25, -0.2) is 9.98 Å². The van der Waals surface area contributed by atoms with Crippen LogP contribution in [0.25, 0.3) is 0 Å². The normalized spacial score (nSPS) is 11.7. The molecule has 4 nitrogen and oxygen atoms in total. The number of hydrogen-bond acceptors (Lipinski definition) is 2. The summed E-state index contributed by atoms with van der Waals surface area (Å²) in [5.41, 5.74) is -0.925. The van der Waals surface area contributed by atoms with Crippen molar-refractivity contribution in [1.82, 2.24) is 9.88 Å². The van der Waals surface area contributed by atoms with E-state index in [1.54, 1.807) is 19.0 Å². The lowest BCUT2D eigenvalue weighted by atomic mass is 10.3. The molecule has 0 aliphatic carbocycles. The van der Waals surface area contributed by atoms with Crippen LogP contribution in [0.5, 0.6) is 0 Å². The molecule has 1 aromatic heterocycles. The fourth-order valence-corrected chi connectivity index (χ4v) is 1.34. The Morgan fingerprint density at radius 1 is 1.53 bits per heavy atom. The molecule has 0 radical (unpaired) electrons. The first-order valence-corrected chi connectivity index (χ1v) is 5.73. The van der Waals surface area contributed by atoms with Crippen LogP contribution in [0, 0.1) is 0 Å². The quantitative estimate of drug-likeness (QED) is 0.518. The van der Waals surface area contributed by atoms with Gasteiger partial charge in [0.15, 0.2) is 10.9 Å². The van der Waals surface area contributed by atoms with Crippen molar-refractivity contribution in [3.63, 3.8) is 0 Å². The number of thiocarbonyl (C=S) groups is 1. The fourth-order valence-electron chi connectivity index (χ4n) is 0.986. The number of aromatic nitrogens is 1. The molecule has 0 saturated carbocycles. The van der Waals surface area contributed by atoms with Crippen LogP contribution in [0.2, 0.25) is 5.02 Å². The van der Waals surface area contributed by atoms with E-state index in [-0.39, 0.29) is 16.0 Å². The molecular weight excluding hydrogens is 301 g/mol. The highest BCUT2D eigenvalue weighted by atomic mass is 35.5. The van der Waals surface area contributed by atoms with Gasteiger partial charge in [-0.15, -0.1) is 0 Å². The highest BCUT2D eigenvalue weighted by Crippen LogP contribution is 2.32. The van der Waals surface area contributed by atoms with Crippen LogP contribution in [0.1, 0.15) is 5.56 Å². The van der Waals surface area contributed by atoms with Crippen molar-refractivity contribution in [2.24, 2.45) is 4.99 Å². The third kappa shape index (κ3) is 4.99. The molecule has 0 unspecified atom stereocenters. The maximum Gasteiger partial charge on any atom is 0.417 e. The molecule has 0 amide bonds. The van der Waals surface area contributed by atoms with E-state index in [4.69, 9.17) is 23.8 Å². The molecule has 0 aliphatic heterocycles. The maximum atomic E-state index is 12.4. The fraction of sp³-hybridized carbons (Fsp3) is 0.300. The highest BCUT2D eigenvalue weighted by Gasteiger charge is 2.31. The number of nitrogens with zero attached hydrogens (tertiary/aromatic N) is 3. The Balaban J connectivity index is 2.84. The first kappa shape index (κ1) is 15.6. The number of alkyl halides is 3. The lowest BCUT2D eigenvalue weighted by Gasteiger charge is -2.10. The zero-order valence-electron chi connectivity index (χ0n) is 9.99. The minimum absolute atomic E-state index is 0.0237. The summed E-state index contributed by atoms with van der Waals surface area (Å²) in [5, 5.41) is 2.40. The lowest BCUT2D eigenvalue weighted by Crippen LogP contribution is -2.14. The van der Waals surface area contributed by atoms with Crippen LogP contribution >= 0.6 is 23.8 Å². The Kier molecular flexibility index (Phi) is 5.07. The molecule has 1 rings (SSSR count). The zero-order valence-corrected chi connectivity index (χ0v) is 11.6. The first-order chi connectivity index (χ1) is 8.70. The summed E-state index contributed by atoms with van der Waals surface area (Å²) in [6.45, 7) is 0. The number of nitrogens with one attached hydrogen (secondary N) is 1. The number of pyridine rings is 1. The van der Waals surface area contributed by atoms with E-state index < -0.39 is 11.7 Å². The van der Waals surface area contributed by atoms with Gasteiger partial charge in [0.1, 0.15) is 0 Å². The Bertz CT molecular complexity index is 502.